The van der Waals surface area contributed by atoms with Gasteiger partial charge >= 0.3 is 10.2 Å². The highest BCUT2D eigenvalue weighted by molar-refractivity contribution is 7.88. The highest BCUT2D eigenvalue weighted by Gasteiger charge is 2.45. The number of benzene rings is 1. The molecule has 3 atom stereocenters. The van der Waals surface area contributed by atoms with Crippen LogP contribution in [-0.2, 0) is 84.7 Å². The van der Waals surface area contributed by atoms with Crippen molar-refractivity contribution >= 4 is 62.1 Å². The maximum absolute atomic E-state index is 13.7. The Labute approximate surface area is 386 Å². The normalized spacial score (nSPS) is 18.1. The standard InChI is InChI=1S/C46H54N6O14S/c1-5-46(61)33-21-35-42-32(22-52(35)45(60)43(33)66-24-37(46)55)30-8-6-7-29-27(9-10-34(49-42)41(29)30)19-36(54)26(4)48-44(59)31(25(2)3)20-28(53)23-65-18-17-64-16-14-47-67(62,63)50-38(56)13-15-51-39(57)11-12-40(51)58/h9-12,21,25-26,31,47,61H,5-8,13-20,22-24H2,1-4H3,(H,48,59)(H,50,56)/t26-,31-,46-/m0/s1. The van der Waals surface area contributed by atoms with Crippen LogP contribution in [0.15, 0.2) is 35.1 Å². The molecular formula is C46H54N6O14S. The van der Waals surface area contributed by atoms with Crippen molar-refractivity contribution in [3.8, 4) is 17.1 Å². The zero-order valence-corrected chi connectivity index (χ0v) is 38.5. The topological polar surface area (TPSA) is 276 Å². The van der Waals surface area contributed by atoms with Crippen LogP contribution in [-0.4, -0.2) is 121 Å². The smallest absolute Gasteiger partial charge is 0.301 e. The van der Waals surface area contributed by atoms with Crippen LogP contribution in [0, 0.1) is 11.8 Å². The zero-order chi connectivity index (χ0) is 48.4. The van der Waals surface area contributed by atoms with Gasteiger partial charge in [-0.15, -0.1) is 0 Å². The van der Waals surface area contributed by atoms with Gasteiger partial charge < -0.3 is 24.6 Å². The van der Waals surface area contributed by atoms with Crippen molar-refractivity contribution in [1.29, 1.82) is 0 Å². The molecule has 0 bridgehead atoms. The molecule has 0 fully saturated rings. The number of aryl methyl sites for hydroxylation is 2. The molecular weight excluding hydrogens is 893 g/mol. The lowest BCUT2D eigenvalue weighted by atomic mass is 9.83. The molecule has 0 saturated carbocycles. The van der Waals surface area contributed by atoms with Gasteiger partial charge in [0.1, 0.15) is 6.61 Å². The fourth-order valence-corrected chi connectivity index (χ4v) is 9.78. The number of aromatic nitrogens is 2. The Morgan fingerprint density at radius 1 is 0.970 bits per heavy atom. The van der Waals surface area contributed by atoms with E-state index in [9.17, 15) is 51.9 Å². The number of ether oxygens (including phenoxy) is 3. The van der Waals surface area contributed by atoms with Crippen LogP contribution < -0.4 is 25.1 Å². The van der Waals surface area contributed by atoms with Crippen molar-refractivity contribution in [3.05, 3.63) is 68.5 Å². The van der Waals surface area contributed by atoms with Crippen LogP contribution >= 0.6 is 0 Å². The van der Waals surface area contributed by atoms with Crippen LogP contribution in [0.5, 0.6) is 5.75 Å². The molecule has 2 aromatic heterocycles. The zero-order valence-electron chi connectivity index (χ0n) is 37.7. The monoisotopic (exact) mass is 946 g/mol. The SMILES string of the molecule is CC[C@@]1(O)C(=O)COc2c1cc1n(c2=O)Cc2c-1nc1ccc(CC(=O)[C@H](C)NC(=O)[C@@H](CC(=O)COCCOCCNS(=O)(=O)NC(=O)CCN3C(=O)C=CC3=O)C(C)C)c3c1c2CCC3. The molecule has 7 rings (SSSR count). The summed E-state index contributed by atoms with van der Waals surface area (Å²) in [4.78, 5) is 108. The van der Waals surface area contributed by atoms with E-state index in [0.29, 0.717) is 23.3 Å². The molecule has 67 heavy (non-hydrogen) atoms. The first-order chi connectivity index (χ1) is 31.8. The number of aliphatic hydroxyl groups is 1. The van der Waals surface area contributed by atoms with Gasteiger partial charge in [-0.3, -0.25) is 47.8 Å². The predicted octanol–water partition coefficient (Wildman–Crippen LogP) is 0.620. The van der Waals surface area contributed by atoms with Crippen molar-refractivity contribution in [2.45, 2.75) is 90.8 Å². The molecule has 0 unspecified atom stereocenters. The summed E-state index contributed by atoms with van der Waals surface area (Å²) in [7, 11) is -4.23. The predicted molar refractivity (Wildman–Crippen MR) is 239 cm³/mol. The highest BCUT2D eigenvalue weighted by Crippen LogP contribution is 2.44. The van der Waals surface area contributed by atoms with Gasteiger partial charge in [0.05, 0.1) is 49.3 Å². The largest absolute Gasteiger partial charge is 0.480 e. The second-order valence-electron chi connectivity index (χ2n) is 17.4. The number of fused-ring (bicyclic) bond motifs is 5. The quantitative estimate of drug-likeness (QED) is 0.0621. The van der Waals surface area contributed by atoms with Crippen molar-refractivity contribution in [2.24, 2.45) is 11.8 Å². The molecule has 4 amide bonds. The molecule has 1 aliphatic carbocycles. The second kappa shape index (κ2) is 20.1. The summed E-state index contributed by atoms with van der Waals surface area (Å²) in [6.45, 7) is 5.93. The maximum atomic E-state index is 13.7. The van der Waals surface area contributed by atoms with E-state index in [0.717, 1.165) is 57.5 Å². The molecule has 21 heteroatoms. The van der Waals surface area contributed by atoms with Gasteiger partial charge in [0.25, 0.3) is 17.4 Å². The van der Waals surface area contributed by atoms with E-state index in [-0.39, 0.29) is 101 Å². The first-order valence-corrected chi connectivity index (χ1v) is 23.8. The molecule has 3 aromatic rings. The third-order valence-electron chi connectivity index (χ3n) is 12.7. The molecule has 0 saturated heterocycles. The molecule has 4 aliphatic rings. The molecule has 5 heterocycles. The van der Waals surface area contributed by atoms with Gasteiger partial charge in [-0.25, -0.2) is 9.71 Å². The Morgan fingerprint density at radius 2 is 1.69 bits per heavy atom. The van der Waals surface area contributed by atoms with Crippen molar-refractivity contribution < 1.29 is 61.3 Å². The lowest BCUT2D eigenvalue weighted by molar-refractivity contribution is -0.143. The first-order valence-electron chi connectivity index (χ1n) is 22.3. The summed E-state index contributed by atoms with van der Waals surface area (Å²) in [5, 5.41) is 15.1. The Balaban J connectivity index is 0.874. The first kappa shape index (κ1) is 48.9. The minimum absolute atomic E-state index is 0.00287. The highest BCUT2D eigenvalue weighted by atomic mass is 32.2. The minimum Gasteiger partial charge on any atom is -0.480 e. The Hall–Kier alpha value is -6.00. The number of Topliss-reactive ketones (excluding diaryl/α,β-unsaturated/α-hetero) is 3. The number of carbonyl (C=O) groups is 7. The molecule has 3 aliphatic heterocycles. The van der Waals surface area contributed by atoms with Crippen LogP contribution in [0.1, 0.15) is 81.2 Å². The molecule has 0 radical (unpaired) electrons. The number of imide groups is 1. The van der Waals surface area contributed by atoms with E-state index in [1.165, 1.54) is 0 Å². The number of rotatable bonds is 22. The van der Waals surface area contributed by atoms with Crippen molar-refractivity contribution in [3.63, 3.8) is 0 Å². The van der Waals surface area contributed by atoms with Gasteiger partial charge in [0.2, 0.25) is 17.6 Å². The third-order valence-corrected chi connectivity index (χ3v) is 13.8. The Bertz CT molecular complexity index is 2750. The van der Waals surface area contributed by atoms with Crippen LogP contribution in [0.3, 0.4) is 0 Å². The number of carbonyl (C=O) groups excluding carboxylic acids is 7. The summed E-state index contributed by atoms with van der Waals surface area (Å²) >= 11 is 0. The van der Waals surface area contributed by atoms with E-state index in [1.807, 2.05) is 12.1 Å². The Morgan fingerprint density at radius 3 is 2.40 bits per heavy atom. The number of hydrogen-bond acceptors (Lipinski definition) is 15. The maximum Gasteiger partial charge on any atom is 0.301 e. The van der Waals surface area contributed by atoms with Gasteiger partial charge in [-0.2, -0.15) is 13.1 Å². The average Bonchev–Trinajstić information content (AvgIpc) is 3.82. The van der Waals surface area contributed by atoms with E-state index >= 15 is 0 Å². The summed E-state index contributed by atoms with van der Waals surface area (Å²) in [5.74, 6) is -4.59. The number of hydrogen-bond donors (Lipinski definition) is 4. The molecule has 358 valence electrons. The number of ketones is 3. The summed E-state index contributed by atoms with van der Waals surface area (Å²) < 4.78 is 46.1. The Kier molecular flexibility index (Phi) is 14.7. The average molecular weight is 947 g/mol. The molecule has 4 N–H and O–H groups in total. The van der Waals surface area contributed by atoms with Crippen LogP contribution in [0.25, 0.3) is 22.3 Å². The van der Waals surface area contributed by atoms with Crippen LogP contribution in [0.4, 0.5) is 0 Å². The van der Waals surface area contributed by atoms with E-state index in [1.54, 1.807) is 43.1 Å². The van der Waals surface area contributed by atoms with Gasteiger partial charge in [0, 0.05) is 66.9 Å². The van der Waals surface area contributed by atoms with E-state index in [4.69, 9.17) is 19.2 Å². The minimum atomic E-state index is -4.23. The third kappa shape index (κ3) is 10.3. The van der Waals surface area contributed by atoms with Gasteiger partial charge in [0.15, 0.2) is 29.5 Å². The van der Waals surface area contributed by atoms with Crippen molar-refractivity contribution in [1.82, 2.24) is 29.2 Å². The van der Waals surface area contributed by atoms with Crippen LogP contribution in [0.2, 0.25) is 0 Å². The molecule has 0 spiro atoms. The lowest BCUT2D eigenvalue weighted by Crippen LogP contribution is -2.45. The fraction of sp³-hybridized carbons (Fsp3) is 0.500. The number of nitrogens with zero attached hydrogens (tertiary/aromatic N) is 3. The van der Waals surface area contributed by atoms with Gasteiger partial charge in [-0.05, 0) is 67.3 Å². The summed E-state index contributed by atoms with van der Waals surface area (Å²) in [5.41, 5.74) is 3.43. The summed E-state index contributed by atoms with van der Waals surface area (Å²) in [6, 6.07) is 4.51. The second-order valence-corrected chi connectivity index (χ2v) is 18.9. The molecule has 20 nitrogen and oxygen atoms in total. The number of pyridine rings is 2. The fourth-order valence-electron chi connectivity index (χ4n) is 8.95. The van der Waals surface area contributed by atoms with E-state index < -0.39 is 69.2 Å². The lowest BCUT2D eigenvalue weighted by Gasteiger charge is -2.32. The van der Waals surface area contributed by atoms with Crippen molar-refractivity contribution in [2.75, 3.05) is 46.1 Å². The number of nitrogens with one attached hydrogen (secondary N) is 3. The van der Waals surface area contributed by atoms with Gasteiger partial charge in [-0.1, -0.05) is 26.8 Å². The van der Waals surface area contributed by atoms with E-state index in [2.05, 4.69) is 10.0 Å². The molecule has 1 aromatic carbocycles. The summed E-state index contributed by atoms with van der Waals surface area (Å²) in [6.07, 6.45) is 3.95. The number of amides is 4.